The van der Waals surface area contributed by atoms with Gasteiger partial charge in [-0.15, -0.1) is 0 Å². The van der Waals surface area contributed by atoms with E-state index in [0.29, 0.717) is 23.0 Å². The van der Waals surface area contributed by atoms with E-state index >= 15 is 0 Å². The molecule has 0 aliphatic heterocycles. The summed E-state index contributed by atoms with van der Waals surface area (Å²) in [5.74, 6) is 2.20. The summed E-state index contributed by atoms with van der Waals surface area (Å²) in [5.41, 5.74) is 1.61. The van der Waals surface area contributed by atoms with Gasteiger partial charge in [0.15, 0.2) is 11.5 Å². The monoisotopic (exact) mass is 225 g/mol. The zero-order chi connectivity index (χ0) is 12.3. The predicted molar refractivity (Wildman–Crippen MR) is 61.8 cm³/mol. The van der Waals surface area contributed by atoms with Gasteiger partial charge >= 0.3 is 0 Å². The van der Waals surface area contributed by atoms with Crippen LogP contribution in [0.4, 0.5) is 0 Å². The van der Waals surface area contributed by atoms with Crippen LogP contribution >= 0.6 is 0 Å². The minimum absolute atomic E-state index is 0.498. The van der Waals surface area contributed by atoms with Gasteiger partial charge in [0.25, 0.3) is 0 Å². The Hall–Kier alpha value is -1.58. The summed E-state index contributed by atoms with van der Waals surface area (Å²) in [6.07, 6.45) is 0. The van der Waals surface area contributed by atoms with Gasteiger partial charge in [0.2, 0.25) is 11.5 Å². The highest BCUT2D eigenvalue weighted by Gasteiger charge is 2.22. The molecule has 0 heterocycles. The SMILES string of the molecule is [CH2]c1c(C)c(OC)c(OC)c(OC)c1OC. The average Bonchev–Trinajstić information content (AvgIpc) is 2.31. The van der Waals surface area contributed by atoms with E-state index in [1.807, 2.05) is 6.92 Å². The van der Waals surface area contributed by atoms with Crippen molar-refractivity contribution in [1.29, 1.82) is 0 Å². The molecule has 0 aliphatic carbocycles. The molecular weight excluding hydrogens is 208 g/mol. The molecule has 0 bridgehead atoms. The molecule has 4 heteroatoms. The summed E-state index contributed by atoms with van der Waals surface area (Å²) in [5, 5.41) is 0. The Balaban J connectivity index is 3.61. The molecule has 0 saturated heterocycles. The zero-order valence-corrected chi connectivity index (χ0v) is 10.3. The number of hydrogen-bond acceptors (Lipinski definition) is 4. The molecule has 1 rings (SSSR count). The molecule has 16 heavy (non-hydrogen) atoms. The van der Waals surface area contributed by atoms with Crippen LogP contribution in [0, 0.1) is 13.8 Å². The second-order valence-corrected chi connectivity index (χ2v) is 3.24. The minimum Gasteiger partial charge on any atom is -0.492 e. The molecule has 1 aromatic carbocycles. The second-order valence-electron chi connectivity index (χ2n) is 3.24. The highest BCUT2D eigenvalue weighted by atomic mass is 16.5. The van der Waals surface area contributed by atoms with E-state index in [9.17, 15) is 0 Å². The molecule has 0 N–H and O–H groups in total. The van der Waals surface area contributed by atoms with Gasteiger partial charge in [0.1, 0.15) is 0 Å². The smallest absolute Gasteiger partial charge is 0.207 e. The molecular formula is C12H17O4. The van der Waals surface area contributed by atoms with Crippen LogP contribution in [0.1, 0.15) is 11.1 Å². The molecule has 4 nitrogen and oxygen atoms in total. The molecule has 0 spiro atoms. The highest BCUT2D eigenvalue weighted by Crippen LogP contribution is 2.48. The van der Waals surface area contributed by atoms with Gasteiger partial charge in [0.05, 0.1) is 28.4 Å². The molecule has 0 aromatic heterocycles. The predicted octanol–water partition coefficient (Wildman–Crippen LogP) is 2.21. The van der Waals surface area contributed by atoms with Crippen molar-refractivity contribution in [2.45, 2.75) is 6.92 Å². The maximum Gasteiger partial charge on any atom is 0.207 e. The summed E-state index contributed by atoms with van der Waals surface area (Å²) in [6, 6.07) is 0. The summed E-state index contributed by atoms with van der Waals surface area (Å²) in [4.78, 5) is 0. The number of rotatable bonds is 4. The molecule has 0 unspecified atom stereocenters. The fraction of sp³-hybridized carbons (Fsp3) is 0.417. The van der Waals surface area contributed by atoms with Crippen molar-refractivity contribution >= 4 is 0 Å². The van der Waals surface area contributed by atoms with E-state index in [-0.39, 0.29) is 0 Å². The van der Waals surface area contributed by atoms with E-state index in [2.05, 4.69) is 6.92 Å². The van der Waals surface area contributed by atoms with Crippen molar-refractivity contribution in [2.75, 3.05) is 28.4 Å². The van der Waals surface area contributed by atoms with Gasteiger partial charge in [-0.25, -0.2) is 0 Å². The van der Waals surface area contributed by atoms with E-state index < -0.39 is 0 Å². The van der Waals surface area contributed by atoms with Crippen LogP contribution in [0.5, 0.6) is 23.0 Å². The third kappa shape index (κ3) is 1.75. The third-order valence-corrected chi connectivity index (χ3v) is 2.50. The van der Waals surface area contributed by atoms with E-state index in [4.69, 9.17) is 18.9 Å². The maximum atomic E-state index is 5.29. The largest absolute Gasteiger partial charge is 0.492 e. The van der Waals surface area contributed by atoms with Crippen molar-refractivity contribution in [3.05, 3.63) is 18.1 Å². The lowest BCUT2D eigenvalue weighted by atomic mass is 10.1. The Bertz CT molecular complexity index is 348. The van der Waals surface area contributed by atoms with Crippen LogP contribution in [0.25, 0.3) is 0 Å². The lowest BCUT2D eigenvalue weighted by Crippen LogP contribution is -2.02. The van der Waals surface area contributed by atoms with Crippen LogP contribution in [0.3, 0.4) is 0 Å². The van der Waals surface area contributed by atoms with E-state index in [1.54, 1.807) is 28.4 Å². The first-order valence-electron chi connectivity index (χ1n) is 4.80. The third-order valence-electron chi connectivity index (χ3n) is 2.50. The minimum atomic E-state index is 0.498. The van der Waals surface area contributed by atoms with Crippen LogP contribution in [0.15, 0.2) is 0 Å². The molecule has 0 fully saturated rings. The molecule has 1 aromatic rings. The normalized spacial score (nSPS) is 9.88. The molecule has 1 radical (unpaired) electrons. The summed E-state index contributed by atoms with van der Waals surface area (Å²) < 4.78 is 21.1. The Morgan fingerprint density at radius 2 is 1.06 bits per heavy atom. The van der Waals surface area contributed by atoms with Gasteiger partial charge in [-0.3, -0.25) is 0 Å². The first kappa shape index (κ1) is 12.5. The first-order chi connectivity index (χ1) is 7.62. The van der Waals surface area contributed by atoms with Crippen molar-refractivity contribution < 1.29 is 18.9 Å². The fourth-order valence-corrected chi connectivity index (χ4v) is 1.65. The summed E-state index contributed by atoms with van der Waals surface area (Å²) in [7, 11) is 6.25. The summed E-state index contributed by atoms with van der Waals surface area (Å²) >= 11 is 0. The fourth-order valence-electron chi connectivity index (χ4n) is 1.65. The number of benzene rings is 1. The molecule has 0 aliphatic rings. The summed E-state index contributed by atoms with van der Waals surface area (Å²) in [6.45, 7) is 5.84. The van der Waals surface area contributed by atoms with E-state index in [0.717, 1.165) is 11.1 Å². The zero-order valence-electron chi connectivity index (χ0n) is 10.3. The van der Waals surface area contributed by atoms with Crippen molar-refractivity contribution in [2.24, 2.45) is 0 Å². The number of hydrogen-bond donors (Lipinski definition) is 0. The Kier molecular flexibility index (Phi) is 3.88. The Labute approximate surface area is 96.1 Å². The van der Waals surface area contributed by atoms with Gasteiger partial charge in [-0.1, -0.05) is 0 Å². The first-order valence-corrected chi connectivity index (χ1v) is 4.80. The number of methoxy groups -OCH3 is 4. The standard InChI is InChI=1S/C12H17O4/c1-7-8(2)10(14-4)12(16-6)11(15-5)9(7)13-3/h1H2,2-6H3. The average molecular weight is 225 g/mol. The molecule has 0 atom stereocenters. The number of ether oxygens (including phenoxy) is 4. The Morgan fingerprint density at radius 3 is 1.44 bits per heavy atom. The topological polar surface area (TPSA) is 36.9 Å². The lowest BCUT2D eigenvalue weighted by molar-refractivity contribution is 0.303. The maximum absolute atomic E-state index is 5.29. The van der Waals surface area contributed by atoms with Crippen LogP contribution in [-0.4, -0.2) is 28.4 Å². The molecule has 89 valence electrons. The van der Waals surface area contributed by atoms with Gasteiger partial charge in [0, 0.05) is 11.1 Å². The highest BCUT2D eigenvalue weighted by molar-refractivity contribution is 5.67. The van der Waals surface area contributed by atoms with Gasteiger partial charge in [-0.05, 0) is 13.8 Å². The van der Waals surface area contributed by atoms with Crippen LogP contribution < -0.4 is 18.9 Å². The molecule has 0 amide bonds. The van der Waals surface area contributed by atoms with E-state index in [1.165, 1.54) is 0 Å². The van der Waals surface area contributed by atoms with Crippen LogP contribution in [0.2, 0.25) is 0 Å². The molecule has 0 saturated carbocycles. The van der Waals surface area contributed by atoms with Crippen molar-refractivity contribution in [3.63, 3.8) is 0 Å². The Morgan fingerprint density at radius 1 is 0.688 bits per heavy atom. The van der Waals surface area contributed by atoms with Crippen molar-refractivity contribution in [1.82, 2.24) is 0 Å². The van der Waals surface area contributed by atoms with Gasteiger partial charge in [-0.2, -0.15) is 0 Å². The van der Waals surface area contributed by atoms with Crippen molar-refractivity contribution in [3.8, 4) is 23.0 Å². The second kappa shape index (κ2) is 4.96. The lowest BCUT2D eigenvalue weighted by Gasteiger charge is -2.19. The van der Waals surface area contributed by atoms with Gasteiger partial charge < -0.3 is 18.9 Å². The quantitative estimate of drug-likeness (QED) is 0.787. The van der Waals surface area contributed by atoms with Crippen LogP contribution in [-0.2, 0) is 0 Å².